The first-order valence-corrected chi connectivity index (χ1v) is 5.13. The molecule has 88 valence electrons. The number of primary amides is 1. The molecule has 17 heavy (non-hydrogen) atoms. The summed E-state index contributed by atoms with van der Waals surface area (Å²) in [6.07, 6.45) is 4.79. The van der Waals surface area contributed by atoms with Crippen LogP contribution in [0.4, 0.5) is 5.82 Å². The molecule has 2 aromatic rings. The molecule has 0 aliphatic carbocycles. The fraction of sp³-hybridized carbons (Fsp3) is 0.182. The van der Waals surface area contributed by atoms with Crippen LogP contribution in [0, 0.1) is 0 Å². The van der Waals surface area contributed by atoms with E-state index in [9.17, 15) is 4.79 Å². The highest BCUT2D eigenvalue weighted by Gasteiger charge is 2.16. The van der Waals surface area contributed by atoms with Gasteiger partial charge >= 0.3 is 0 Å². The van der Waals surface area contributed by atoms with Gasteiger partial charge < -0.3 is 16.0 Å². The number of nitrogens with two attached hydrogens (primary N) is 2. The fourth-order valence-electron chi connectivity index (χ4n) is 1.59. The van der Waals surface area contributed by atoms with Gasteiger partial charge in [-0.2, -0.15) is 0 Å². The predicted molar refractivity (Wildman–Crippen MR) is 63.8 cm³/mol. The number of carbonyl (C=O) groups excluding carboxylic acids is 1. The molecule has 4 N–H and O–H groups in total. The predicted octanol–water partition coefficient (Wildman–Crippen LogP) is 0.574. The van der Waals surface area contributed by atoms with Crippen molar-refractivity contribution in [2.75, 3.05) is 5.73 Å². The lowest BCUT2D eigenvalue weighted by Gasteiger charge is -2.13. The molecule has 6 nitrogen and oxygen atoms in total. The molecule has 0 saturated heterocycles. The van der Waals surface area contributed by atoms with Gasteiger partial charge in [0, 0.05) is 11.8 Å². The Morgan fingerprint density at radius 1 is 1.53 bits per heavy atom. The Bertz CT molecular complexity index is 548. The molecule has 2 aromatic heterocycles. The monoisotopic (exact) mass is 231 g/mol. The summed E-state index contributed by atoms with van der Waals surface area (Å²) in [6.45, 7) is 1.71. The number of amides is 1. The summed E-state index contributed by atoms with van der Waals surface area (Å²) in [5, 5.41) is 0. The fourth-order valence-corrected chi connectivity index (χ4v) is 1.59. The van der Waals surface area contributed by atoms with Crippen LogP contribution >= 0.6 is 0 Å². The number of imidazole rings is 1. The summed E-state index contributed by atoms with van der Waals surface area (Å²) in [4.78, 5) is 19.2. The van der Waals surface area contributed by atoms with Crippen molar-refractivity contribution >= 4 is 11.7 Å². The minimum Gasteiger partial charge on any atom is -0.383 e. The molecule has 6 heteroatoms. The Balaban J connectivity index is 2.51. The van der Waals surface area contributed by atoms with E-state index in [1.54, 1.807) is 36.3 Å². The molecule has 1 unspecified atom stereocenters. The summed E-state index contributed by atoms with van der Waals surface area (Å²) in [5.74, 6) is -0.0300. The summed E-state index contributed by atoms with van der Waals surface area (Å²) >= 11 is 0. The van der Waals surface area contributed by atoms with E-state index in [0.29, 0.717) is 5.82 Å². The standard InChI is InChI=1S/C11H13N5O/c1-7(11(13)17)16-6-14-5-9(16)8-3-2-4-15-10(8)12/h2-7H,1H3,(H2,12,15)(H2,13,17). The van der Waals surface area contributed by atoms with Crippen molar-refractivity contribution in [3.63, 3.8) is 0 Å². The highest BCUT2D eigenvalue weighted by Crippen LogP contribution is 2.25. The molecule has 2 heterocycles. The highest BCUT2D eigenvalue weighted by molar-refractivity contribution is 5.80. The lowest BCUT2D eigenvalue weighted by Crippen LogP contribution is -2.24. The van der Waals surface area contributed by atoms with Crippen LogP contribution in [-0.4, -0.2) is 20.4 Å². The first kappa shape index (κ1) is 11.1. The topological polar surface area (TPSA) is 99.8 Å². The zero-order chi connectivity index (χ0) is 12.4. The average molecular weight is 231 g/mol. The van der Waals surface area contributed by atoms with Gasteiger partial charge in [0.1, 0.15) is 11.9 Å². The number of nitrogen functional groups attached to an aromatic ring is 1. The number of pyridine rings is 1. The first-order valence-electron chi connectivity index (χ1n) is 5.13. The molecule has 0 aliphatic heterocycles. The first-order chi connectivity index (χ1) is 8.11. The van der Waals surface area contributed by atoms with E-state index < -0.39 is 11.9 Å². The largest absolute Gasteiger partial charge is 0.383 e. The van der Waals surface area contributed by atoms with Crippen LogP contribution in [0.5, 0.6) is 0 Å². The van der Waals surface area contributed by atoms with E-state index in [2.05, 4.69) is 9.97 Å². The van der Waals surface area contributed by atoms with E-state index in [4.69, 9.17) is 11.5 Å². The maximum atomic E-state index is 11.2. The maximum Gasteiger partial charge on any atom is 0.240 e. The van der Waals surface area contributed by atoms with Gasteiger partial charge in [-0.25, -0.2) is 9.97 Å². The third-order valence-electron chi connectivity index (χ3n) is 2.61. The number of hydrogen-bond acceptors (Lipinski definition) is 4. The van der Waals surface area contributed by atoms with Gasteiger partial charge in [0.15, 0.2) is 0 Å². The van der Waals surface area contributed by atoms with Gasteiger partial charge in [0.05, 0.1) is 18.2 Å². The molecule has 0 bridgehead atoms. The second kappa shape index (κ2) is 4.25. The summed E-state index contributed by atoms with van der Waals surface area (Å²) in [6, 6.07) is 3.12. The van der Waals surface area contributed by atoms with Crippen molar-refractivity contribution in [3.05, 3.63) is 30.9 Å². The van der Waals surface area contributed by atoms with Crippen molar-refractivity contribution < 1.29 is 4.79 Å². The molecular weight excluding hydrogens is 218 g/mol. The van der Waals surface area contributed by atoms with Crippen LogP contribution in [0.3, 0.4) is 0 Å². The number of carbonyl (C=O) groups is 1. The van der Waals surface area contributed by atoms with E-state index in [-0.39, 0.29) is 0 Å². The van der Waals surface area contributed by atoms with Crippen LogP contribution in [0.25, 0.3) is 11.3 Å². The zero-order valence-electron chi connectivity index (χ0n) is 9.37. The second-order valence-electron chi connectivity index (χ2n) is 3.70. The van der Waals surface area contributed by atoms with Crippen molar-refractivity contribution in [1.29, 1.82) is 0 Å². The smallest absolute Gasteiger partial charge is 0.240 e. The Labute approximate surface area is 98.3 Å². The van der Waals surface area contributed by atoms with Gasteiger partial charge in [0.2, 0.25) is 5.91 Å². The number of anilines is 1. The molecule has 1 atom stereocenters. The normalized spacial score (nSPS) is 12.3. The lowest BCUT2D eigenvalue weighted by atomic mass is 10.2. The molecule has 2 rings (SSSR count). The van der Waals surface area contributed by atoms with E-state index in [0.717, 1.165) is 11.3 Å². The number of aromatic nitrogens is 3. The van der Waals surface area contributed by atoms with Crippen LogP contribution in [0.15, 0.2) is 30.9 Å². The Hall–Kier alpha value is -2.37. The summed E-state index contributed by atoms with van der Waals surface area (Å²) in [7, 11) is 0. The highest BCUT2D eigenvalue weighted by atomic mass is 16.1. The molecule has 0 spiro atoms. The van der Waals surface area contributed by atoms with Crippen LogP contribution in [-0.2, 0) is 4.79 Å². The Kier molecular flexibility index (Phi) is 2.78. The zero-order valence-corrected chi connectivity index (χ0v) is 9.37. The van der Waals surface area contributed by atoms with Gasteiger partial charge in [-0.3, -0.25) is 4.79 Å². The van der Waals surface area contributed by atoms with Crippen molar-refractivity contribution in [1.82, 2.24) is 14.5 Å². The van der Waals surface area contributed by atoms with Crippen molar-refractivity contribution in [3.8, 4) is 11.3 Å². The lowest BCUT2D eigenvalue weighted by molar-refractivity contribution is -0.120. The van der Waals surface area contributed by atoms with E-state index in [1.807, 2.05) is 6.07 Å². The van der Waals surface area contributed by atoms with Crippen molar-refractivity contribution in [2.45, 2.75) is 13.0 Å². The maximum absolute atomic E-state index is 11.2. The molecule has 1 amide bonds. The number of rotatable bonds is 3. The quantitative estimate of drug-likeness (QED) is 0.806. The molecule has 0 aliphatic rings. The Morgan fingerprint density at radius 3 is 2.94 bits per heavy atom. The molecule has 0 aromatic carbocycles. The van der Waals surface area contributed by atoms with Gasteiger partial charge in [-0.15, -0.1) is 0 Å². The van der Waals surface area contributed by atoms with Crippen LogP contribution < -0.4 is 11.5 Å². The molecule has 0 saturated carbocycles. The molecular formula is C11H13N5O. The SMILES string of the molecule is CC(C(N)=O)n1cncc1-c1cccnc1N. The molecule has 0 fully saturated rings. The Morgan fingerprint density at radius 2 is 2.29 bits per heavy atom. The van der Waals surface area contributed by atoms with Gasteiger partial charge in [-0.05, 0) is 19.1 Å². The minimum absolute atomic E-state index is 0.394. The van der Waals surface area contributed by atoms with Gasteiger partial charge in [0.25, 0.3) is 0 Å². The van der Waals surface area contributed by atoms with Crippen LogP contribution in [0.2, 0.25) is 0 Å². The van der Waals surface area contributed by atoms with E-state index >= 15 is 0 Å². The third-order valence-corrected chi connectivity index (χ3v) is 2.61. The summed E-state index contributed by atoms with van der Waals surface area (Å²) < 4.78 is 1.68. The average Bonchev–Trinajstić information content (AvgIpc) is 2.77. The third kappa shape index (κ3) is 1.96. The van der Waals surface area contributed by atoms with E-state index in [1.165, 1.54) is 0 Å². The second-order valence-corrected chi connectivity index (χ2v) is 3.70. The van der Waals surface area contributed by atoms with Gasteiger partial charge in [-0.1, -0.05) is 0 Å². The molecule has 0 radical (unpaired) electrons. The number of nitrogens with zero attached hydrogens (tertiary/aromatic N) is 3. The summed E-state index contributed by atoms with van der Waals surface area (Å²) in [5.41, 5.74) is 12.5. The number of hydrogen-bond donors (Lipinski definition) is 2. The van der Waals surface area contributed by atoms with Crippen molar-refractivity contribution in [2.24, 2.45) is 5.73 Å². The minimum atomic E-state index is -0.480. The van der Waals surface area contributed by atoms with Crippen LogP contribution in [0.1, 0.15) is 13.0 Å².